The highest BCUT2D eigenvalue weighted by Crippen LogP contribution is 2.08. The van der Waals surface area contributed by atoms with Crippen LogP contribution in [0.5, 0.6) is 0 Å². The van der Waals surface area contributed by atoms with Crippen LogP contribution in [0.2, 0.25) is 0 Å². The van der Waals surface area contributed by atoms with Crippen LogP contribution < -0.4 is 10.5 Å². The van der Waals surface area contributed by atoms with Crippen molar-refractivity contribution >= 4 is 15.9 Å². The number of amidine groups is 1. The van der Waals surface area contributed by atoms with Crippen LogP contribution in [-0.4, -0.2) is 20.8 Å². The van der Waals surface area contributed by atoms with Crippen LogP contribution in [0, 0.1) is 11.2 Å². The number of halogens is 1. The minimum atomic E-state index is -3.71. The lowest BCUT2D eigenvalue weighted by Gasteiger charge is -2.05. The molecule has 0 aliphatic rings. The largest absolute Gasteiger partial charge is 0.387 e. The molecule has 1 aromatic carbocycles. The van der Waals surface area contributed by atoms with Crippen molar-refractivity contribution in [1.29, 1.82) is 5.41 Å². The van der Waals surface area contributed by atoms with Crippen LogP contribution in [0.4, 0.5) is 4.39 Å². The Balaban J connectivity index is 2.87. The number of hydrogen-bond acceptors (Lipinski definition) is 3. The van der Waals surface area contributed by atoms with E-state index in [2.05, 4.69) is 4.72 Å². The lowest BCUT2D eigenvalue weighted by Crippen LogP contribution is -2.32. The van der Waals surface area contributed by atoms with Crippen molar-refractivity contribution in [3.63, 3.8) is 0 Å². The molecule has 0 aliphatic heterocycles. The third kappa shape index (κ3) is 3.30. The summed E-state index contributed by atoms with van der Waals surface area (Å²) in [6, 6.07) is 4.36. The summed E-state index contributed by atoms with van der Waals surface area (Å²) in [5.41, 5.74) is 5.00. The minimum Gasteiger partial charge on any atom is -0.387 e. The maximum absolute atomic E-state index is 12.5. The van der Waals surface area contributed by atoms with Gasteiger partial charge in [-0.15, -0.1) is 0 Å². The van der Waals surface area contributed by atoms with E-state index in [0.717, 1.165) is 24.3 Å². The number of nitrogens with one attached hydrogen (secondary N) is 2. The molecule has 0 unspecified atom stereocenters. The molecule has 15 heavy (non-hydrogen) atoms. The lowest BCUT2D eigenvalue weighted by atomic mass is 10.4. The Kier molecular flexibility index (Phi) is 3.38. The van der Waals surface area contributed by atoms with Gasteiger partial charge < -0.3 is 5.73 Å². The van der Waals surface area contributed by atoms with Crippen LogP contribution in [-0.2, 0) is 10.0 Å². The van der Waals surface area contributed by atoms with Crippen LogP contribution >= 0.6 is 0 Å². The van der Waals surface area contributed by atoms with E-state index in [1.54, 1.807) is 0 Å². The quantitative estimate of drug-likeness (QED) is 0.504. The van der Waals surface area contributed by atoms with Gasteiger partial charge in [0.25, 0.3) is 0 Å². The molecule has 5 nitrogen and oxygen atoms in total. The topological polar surface area (TPSA) is 96.0 Å². The van der Waals surface area contributed by atoms with Crippen molar-refractivity contribution in [3.8, 4) is 0 Å². The zero-order valence-corrected chi connectivity index (χ0v) is 8.51. The summed E-state index contributed by atoms with van der Waals surface area (Å²) in [5.74, 6) is -0.804. The first kappa shape index (κ1) is 11.6. The van der Waals surface area contributed by atoms with Gasteiger partial charge in [0, 0.05) is 0 Å². The van der Waals surface area contributed by atoms with Gasteiger partial charge in [-0.3, -0.25) is 5.41 Å². The van der Waals surface area contributed by atoms with Crippen molar-refractivity contribution in [2.24, 2.45) is 5.73 Å². The van der Waals surface area contributed by atoms with Gasteiger partial charge in [0.15, 0.2) is 0 Å². The van der Waals surface area contributed by atoms with E-state index in [1.165, 1.54) is 0 Å². The Labute approximate surface area is 86.7 Å². The SMILES string of the molecule is N=C(N)CNS(=O)(=O)c1ccc(F)cc1. The van der Waals surface area contributed by atoms with Gasteiger partial charge in [-0.25, -0.2) is 17.5 Å². The first-order valence-corrected chi connectivity index (χ1v) is 5.48. The second-order valence-corrected chi connectivity index (χ2v) is 4.57. The summed E-state index contributed by atoms with van der Waals surface area (Å²) in [5, 5.41) is 6.86. The number of benzene rings is 1. The Morgan fingerprint density at radius 2 is 1.93 bits per heavy atom. The van der Waals surface area contributed by atoms with E-state index in [9.17, 15) is 12.8 Å². The molecule has 82 valence electrons. The number of nitrogens with two attached hydrogens (primary N) is 1. The molecule has 0 atom stereocenters. The molecule has 0 fully saturated rings. The number of hydrogen-bond donors (Lipinski definition) is 3. The van der Waals surface area contributed by atoms with Gasteiger partial charge in [0.2, 0.25) is 10.0 Å². The molecule has 4 N–H and O–H groups in total. The summed E-state index contributed by atoms with van der Waals surface area (Å²) < 4.78 is 37.5. The fourth-order valence-corrected chi connectivity index (χ4v) is 1.88. The van der Waals surface area contributed by atoms with Gasteiger partial charge in [0.05, 0.1) is 11.4 Å². The van der Waals surface area contributed by atoms with E-state index in [-0.39, 0.29) is 17.3 Å². The summed E-state index contributed by atoms with van der Waals surface area (Å²) in [4.78, 5) is -0.0647. The van der Waals surface area contributed by atoms with Crippen molar-refractivity contribution in [3.05, 3.63) is 30.1 Å². The average molecular weight is 231 g/mol. The van der Waals surface area contributed by atoms with Gasteiger partial charge in [-0.05, 0) is 24.3 Å². The highest BCUT2D eigenvalue weighted by molar-refractivity contribution is 7.89. The Morgan fingerprint density at radius 3 is 2.40 bits per heavy atom. The van der Waals surface area contributed by atoms with E-state index in [4.69, 9.17) is 11.1 Å². The molecule has 0 radical (unpaired) electrons. The standard InChI is InChI=1S/C8H10FN3O2S/c9-6-1-3-7(4-2-6)15(13,14)12-5-8(10)11/h1-4,12H,5H2,(H3,10,11). The Hall–Kier alpha value is -1.47. The summed E-state index contributed by atoms with van der Waals surface area (Å²) in [7, 11) is -3.71. The van der Waals surface area contributed by atoms with Gasteiger partial charge >= 0.3 is 0 Å². The summed E-state index contributed by atoms with van der Waals surface area (Å²) in [6.45, 7) is -0.264. The third-order valence-corrected chi connectivity index (χ3v) is 2.99. The second-order valence-electron chi connectivity index (χ2n) is 2.80. The molecule has 0 aromatic heterocycles. The van der Waals surface area contributed by atoms with Crippen LogP contribution in [0.3, 0.4) is 0 Å². The zero-order chi connectivity index (χ0) is 11.5. The van der Waals surface area contributed by atoms with Gasteiger partial charge in [-0.2, -0.15) is 0 Å². The lowest BCUT2D eigenvalue weighted by molar-refractivity contribution is 0.585. The van der Waals surface area contributed by atoms with Crippen molar-refractivity contribution in [1.82, 2.24) is 4.72 Å². The molecular formula is C8H10FN3O2S. The summed E-state index contributed by atoms with van der Waals surface area (Å²) in [6.07, 6.45) is 0. The molecule has 0 saturated carbocycles. The highest BCUT2D eigenvalue weighted by atomic mass is 32.2. The first-order valence-electron chi connectivity index (χ1n) is 4.00. The molecule has 0 heterocycles. The van der Waals surface area contributed by atoms with E-state index in [1.807, 2.05) is 0 Å². The molecule has 0 bridgehead atoms. The Bertz CT molecular complexity index is 455. The monoisotopic (exact) mass is 231 g/mol. The van der Waals surface area contributed by atoms with Crippen LogP contribution in [0.25, 0.3) is 0 Å². The maximum Gasteiger partial charge on any atom is 0.240 e. The molecule has 0 aliphatic carbocycles. The van der Waals surface area contributed by atoms with Gasteiger partial charge in [0.1, 0.15) is 11.7 Å². The fourth-order valence-electron chi connectivity index (χ4n) is 0.870. The molecular weight excluding hydrogens is 221 g/mol. The normalized spacial score (nSPS) is 11.3. The van der Waals surface area contributed by atoms with Crippen molar-refractivity contribution in [2.45, 2.75) is 4.90 Å². The van der Waals surface area contributed by atoms with Gasteiger partial charge in [-0.1, -0.05) is 0 Å². The predicted molar refractivity (Wildman–Crippen MR) is 53.5 cm³/mol. The third-order valence-electron chi connectivity index (χ3n) is 1.58. The second kappa shape index (κ2) is 4.37. The van der Waals surface area contributed by atoms with E-state index < -0.39 is 15.8 Å². The zero-order valence-electron chi connectivity index (χ0n) is 7.70. The van der Waals surface area contributed by atoms with Crippen LogP contribution in [0.15, 0.2) is 29.2 Å². The average Bonchev–Trinajstić information content (AvgIpc) is 2.16. The molecule has 0 amide bonds. The number of sulfonamides is 1. The van der Waals surface area contributed by atoms with Crippen molar-refractivity contribution < 1.29 is 12.8 Å². The van der Waals surface area contributed by atoms with Crippen molar-refractivity contribution in [2.75, 3.05) is 6.54 Å². The van der Waals surface area contributed by atoms with Crippen LogP contribution in [0.1, 0.15) is 0 Å². The highest BCUT2D eigenvalue weighted by Gasteiger charge is 2.13. The molecule has 0 spiro atoms. The maximum atomic E-state index is 12.5. The predicted octanol–water partition coefficient (Wildman–Crippen LogP) is 0.0400. The first-order chi connectivity index (χ1) is 6.92. The molecule has 1 rings (SSSR count). The number of rotatable bonds is 4. The van der Waals surface area contributed by atoms with E-state index >= 15 is 0 Å². The molecule has 7 heteroatoms. The van der Waals surface area contributed by atoms with E-state index in [0.29, 0.717) is 0 Å². The minimum absolute atomic E-state index is 0.0647. The smallest absolute Gasteiger partial charge is 0.240 e. The molecule has 0 saturated heterocycles. The fraction of sp³-hybridized carbons (Fsp3) is 0.125. The molecule has 1 aromatic rings. The summed E-state index contributed by atoms with van der Waals surface area (Å²) >= 11 is 0. The Morgan fingerprint density at radius 1 is 1.40 bits per heavy atom.